The van der Waals surface area contributed by atoms with Gasteiger partial charge in [-0.3, -0.25) is 19.2 Å². The molecule has 0 spiro atoms. The molecule has 3 amide bonds. The molecular formula is C15H28N4O5S. The maximum atomic E-state index is 12.5. The van der Waals surface area contributed by atoms with E-state index in [1.807, 2.05) is 6.26 Å². The second-order valence-electron chi connectivity index (χ2n) is 5.90. The van der Waals surface area contributed by atoms with Crippen LogP contribution in [0.5, 0.6) is 0 Å². The molecule has 9 nitrogen and oxygen atoms in total. The summed E-state index contributed by atoms with van der Waals surface area (Å²) in [6, 6.07) is -2.80. The van der Waals surface area contributed by atoms with Gasteiger partial charge in [0.2, 0.25) is 17.7 Å². The Morgan fingerprint density at radius 1 is 1.04 bits per heavy atom. The van der Waals surface area contributed by atoms with Crippen LogP contribution in [0.4, 0.5) is 0 Å². The fraction of sp³-hybridized carbons (Fsp3) is 0.733. The van der Waals surface area contributed by atoms with Gasteiger partial charge in [0.05, 0.1) is 6.54 Å². The Morgan fingerprint density at radius 2 is 1.64 bits per heavy atom. The molecule has 0 rings (SSSR count). The molecular weight excluding hydrogens is 348 g/mol. The first kappa shape index (κ1) is 23.2. The molecule has 0 aromatic carbocycles. The summed E-state index contributed by atoms with van der Waals surface area (Å²) in [6.07, 6.45) is 2.26. The number of thioether (sulfide) groups is 1. The molecule has 0 aliphatic carbocycles. The Labute approximate surface area is 151 Å². The molecule has 0 aliphatic heterocycles. The van der Waals surface area contributed by atoms with Crippen molar-refractivity contribution in [2.45, 2.75) is 45.3 Å². The molecule has 0 bridgehead atoms. The van der Waals surface area contributed by atoms with Crippen LogP contribution in [0.1, 0.15) is 27.2 Å². The number of nitrogens with two attached hydrogens (primary N) is 1. The van der Waals surface area contributed by atoms with Crippen molar-refractivity contribution in [2.24, 2.45) is 11.7 Å². The first-order valence-electron chi connectivity index (χ1n) is 7.95. The Kier molecular flexibility index (Phi) is 10.8. The van der Waals surface area contributed by atoms with E-state index in [0.717, 1.165) is 0 Å². The molecule has 3 atom stereocenters. The number of carbonyl (C=O) groups excluding carboxylic acids is 3. The van der Waals surface area contributed by atoms with Crippen LogP contribution in [0.15, 0.2) is 0 Å². The Balaban J connectivity index is 5.05. The van der Waals surface area contributed by atoms with Crippen molar-refractivity contribution in [2.75, 3.05) is 18.6 Å². The van der Waals surface area contributed by atoms with E-state index in [1.54, 1.807) is 13.8 Å². The molecule has 25 heavy (non-hydrogen) atoms. The number of hydrogen-bond donors (Lipinski definition) is 5. The highest BCUT2D eigenvalue weighted by Gasteiger charge is 2.29. The molecule has 0 aromatic heterocycles. The molecule has 10 heteroatoms. The van der Waals surface area contributed by atoms with Crippen LogP contribution in [0.2, 0.25) is 0 Å². The van der Waals surface area contributed by atoms with E-state index in [1.165, 1.54) is 18.7 Å². The normalized spacial score (nSPS) is 14.3. The quantitative estimate of drug-likeness (QED) is 0.307. The molecule has 0 saturated heterocycles. The lowest BCUT2D eigenvalue weighted by Crippen LogP contribution is -2.57. The zero-order chi connectivity index (χ0) is 19.6. The van der Waals surface area contributed by atoms with Gasteiger partial charge in [0.1, 0.15) is 18.1 Å². The molecule has 0 heterocycles. The summed E-state index contributed by atoms with van der Waals surface area (Å²) in [5.74, 6) is -2.37. The van der Waals surface area contributed by atoms with E-state index >= 15 is 0 Å². The highest BCUT2D eigenvalue weighted by Crippen LogP contribution is 2.06. The first-order chi connectivity index (χ1) is 11.6. The topological polar surface area (TPSA) is 151 Å². The number of hydrogen-bond acceptors (Lipinski definition) is 6. The lowest BCUT2D eigenvalue weighted by molar-refractivity contribution is -0.142. The molecule has 0 aromatic rings. The average Bonchev–Trinajstić information content (AvgIpc) is 2.54. The van der Waals surface area contributed by atoms with Gasteiger partial charge in [0.25, 0.3) is 0 Å². The smallest absolute Gasteiger partial charge is 0.325 e. The van der Waals surface area contributed by atoms with E-state index in [2.05, 4.69) is 16.0 Å². The molecule has 3 unspecified atom stereocenters. The van der Waals surface area contributed by atoms with Crippen molar-refractivity contribution >= 4 is 35.5 Å². The molecule has 0 saturated carbocycles. The largest absolute Gasteiger partial charge is 0.480 e. The second-order valence-corrected chi connectivity index (χ2v) is 6.89. The number of nitrogens with one attached hydrogen (secondary N) is 3. The van der Waals surface area contributed by atoms with Gasteiger partial charge in [0, 0.05) is 0 Å². The van der Waals surface area contributed by atoms with Gasteiger partial charge in [-0.05, 0) is 31.3 Å². The van der Waals surface area contributed by atoms with Gasteiger partial charge in [0.15, 0.2) is 0 Å². The minimum absolute atomic E-state index is 0.243. The summed E-state index contributed by atoms with van der Waals surface area (Å²) < 4.78 is 0. The van der Waals surface area contributed by atoms with Crippen molar-refractivity contribution in [3.8, 4) is 0 Å². The summed E-state index contributed by atoms with van der Waals surface area (Å²) in [4.78, 5) is 47.1. The van der Waals surface area contributed by atoms with Crippen molar-refractivity contribution in [1.82, 2.24) is 16.0 Å². The van der Waals surface area contributed by atoms with E-state index in [0.29, 0.717) is 12.2 Å². The zero-order valence-corrected chi connectivity index (χ0v) is 15.8. The van der Waals surface area contributed by atoms with Crippen LogP contribution < -0.4 is 21.7 Å². The number of carbonyl (C=O) groups is 4. The number of aliphatic carboxylic acids is 1. The molecule has 6 N–H and O–H groups in total. The van der Waals surface area contributed by atoms with E-state index in [-0.39, 0.29) is 12.5 Å². The zero-order valence-electron chi connectivity index (χ0n) is 15.0. The van der Waals surface area contributed by atoms with Crippen molar-refractivity contribution < 1.29 is 24.3 Å². The van der Waals surface area contributed by atoms with Gasteiger partial charge < -0.3 is 26.8 Å². The van der Waals surface area contributed by atoms with E-state index < -0.39 is 41.8 Å². The van der Waals surface area contributed by atoms with E-state index in [4.69, 9.17) is 10.8 Å². The third-order valence-corrected chi connectivity index (χ3v) is 4.07. The molecule has 144 valence electrons. The van der Waals surface area contributed by atoms with Crippen LogP contribution in [0, 0.1) is 5.92 Å². The van der Waals surface area contributed by atoms with Gasteiger partial charge in [-0.2, -0.15) is 11.8 Å². The standard InChI is InChI=1S/C15H28N4O5S/c1-8(2)12(14(22)17-9(3)15(23)24)19-13(21)10(5-6-25-4)18-11(20)7-16/h8-10,12H,5-7,16H2,1-4H3,(H,17,22)(H,18,20)(H,19,21)(H,23,24). The number of carboxylic acid groups (broad SMARTS) is 1. The predicted molar refractivity (Wildman–Crippen MR) is 96.0 cm³/mol. The maximum absolute atomic E-state index is 12.5. The van der Waals surface area contributed by atoms with E-state index in [9.17, 15) is 19.2 Å². The lowest BCUT2D eigenvalue weighted by Gasteiger charge is -2.26. The van der Waals surface area contributed by atoms with Crippen LogP contribution in [0.3, 0.4) is 0 Å². The van der Waals surface area contributed by atoms with Gasteiger partial charge >= 0.3 is 5.97 Å². The Bertz CT molecular complexity index is 487. The Hall–Kier alpha value is -1.81. The maximum Gasteiger partial charge on any atom is 0.325 e. The van der Waals surface area contributed by atoms with Crippen LogP contribution in [0.25, 0.3) is 0 Å². The average molecular weight is 376 g/mol. The number of rotatable bonds is 11. The van der Waals surface area contributed by atoms with Crippen molar-refractivity contribution in [3.05, 3.63) is 0 Å². The number of amides is 3. The van der Waals surface area contributed by atoms with Crippen LogP contribution in [-0.2, 0) is 19.2 Å². The summed E-state index contributed by atoms with van der Waals surface area (Å²) in [7, 11) is 0. The highest BCUT2D eigenvalue weighted by atomic mass is 32.2. The molecule has 0 aliphatic rings. The summed E-state index contributed by atoms with van der Waals surface area (Å²) in [5.41, 5.74) is 5.26. The third-order valence-electron chi connectivity index (χ3n) is 3.42. The fourth-order valence-corrected chi connectivity index (χ4v) is 2.38. The van der Waals surface area contributed by atoms with Gasteiger partial charge in [-0.25, -0.2) is 0 Å². The third kappa shape index (κ3) is 8.73. The van der Waals surface area contributed by atoms with Crippen molar-refractivity contribution in [1.29, 1.82) is 0 Å². The first-order valence-corrected chi connectivity index (χ1v) is 9.35. The lowest BCUT2D eigenvalue weighted by atomic mass is 10.0. The highest BCUT2D eigenvalue weighted by molar-refractivity contribution is 7.98. The minimum atomic E-state index is -1.17. The number of carboxylic acids is 1. The SMILES string of the molecule is CSCCC(NC(=O)CN)C(=O)NC(C(=O)NC(C)C(=O)O)C(C)C. The molecule has 0 radical (unpaired) electrons. The fourth-order valence-electron chi connectivity index (χ4n) is 1.91. The summed E-state index contributed by atoms with van der Waals surface area (Å²) in [5, 5.41) is 16.3. The van der Waals surface area contributed by atoms with Crippen LogP contribution >= 0.6 is 11.8 Å². The minimum Gasteiger partial charge on any atom is -0.480 e. The van der Waals surface area contributed by atoms with Gasteiger partial charge in [-0.15, -0.1) is 0 Å². The Morgan fingerprint density at radius 3 is 2.08 bits per heavy atom. The second kappa shape index (κ2) is 11.7. The van der Waals surface area contributed by atoms with Crippen molar-refractivity contribution in [3.63, 3.8) is 0 Å². The predicted octanol–water partition coefficient (Wildman–Crippen LogP) is -1.09. The summed E-state index contributed by atoms with van der Waals surface area (Å²) in [6.45, 7) is 4.55. The molecule has 0 fully saturated rings. The monoisotopic (exact) mass is 376 g/mol. The summed E-state index contributed by atoms with van der Waals surface area (Å²) >= 11 is 1.52. The van der Waals surface area contributed by atoms with Gasteiger partial charge in [-0.1, -0.05) is 13.8 Å². The van der Waals surface area contributed by atoms with Crippen LogP contribution in [-0.4, -0.2) is 65.5 Å².